The van der Waals surface area contributed by atoms with Crippen molar-refractivity contribution < 1.29 is 0 Å². The highest BCUT2D eigenvalue weighted by molar-refractivity contribution is 9.10. The van der Waals surface area contributed by atoms with Crippen LogP contribution in [0.3, 0.4) is 0 Å². The Balaban J connectivity index is 3.32. The quantitative estimate of drug-likeness (QED) is 0.800. The lowest BCUT2D eigenvalue weighted by Crippen LogP contribution is -2.22. The van der Waals surface area contributed by atoms with Crippen LogP contribution in [0.2, 0.25) is 0 Å². The molecule has 4 heteroatoms. The lowest BCUT2D eigenvalue weighted by atomic mass is 10.1. The van der Waals surface area contributed by atoms with Gasteiger partial charge in [-0.25, -0.2) is 4.98 Å². The van der Waals surface area contributed by atoms with E-state index in [0.717, 1.165) is 5.69 Å². The summed E-state index contributed by atoms with van der Waals surface area (Å²) in [4.78, 5) is 15.8. The zero-order chi connectivity index (χ0) is 10.0. The molecule has 0 spiro atoms. The molecule has 0 atom stereocenters. The van der Waals surface area contributed by atoms with Gasteiger partial charge in [-0.05, 0) is 28.8 Å². The summed E-state index contributed by atoms with van der Waals surface area (Å²) in [5, 5.41) is 0. The maximum atomic E-state index is 11.6. The first-order chi connectivity index (χ1) is 6.07. The average molecular weight is 245 g/mol. The second-order valence-corrected chi connectivity index (χ2v) is 3.98. The minimum absolute atomic E-state index is 0.00111. The molecule has 72 valence electrons. The minimum atomic E-state index is 0.00111. The Morgan fingerprint density at radius 2 is 2.23 bits per heavy atom. The third-order valence-corrected chi connectivity index (χ3v) is 2.64. The van der Waals surface area contributed by atoms with Crippen molar-refractivity contribution in [2.45, 2.75) is 33.2 Å². The van der Waals surface area contributed by atoms with Gasteiger partial charge in [0.2, 0.25) is 0 Å². The van der Waals surface area contributed by atoms with Crippen LogP contribution in [-0.4, -0.2) is 9.55 Å². The lowest BCUT2D eigenvalue weighted by Gasteiger charge is -2.08. The van der Waals surface area contributed by atoms with Crippen LogP contribution in [0.5, 0.6) is 0 Å². The summed E-state index contributed by atoms with van der Waals surface area (Å²) < 4.78 is 2.17. The maximum Gasteiger partial charge on any atom is 0.267 e. The Morgan fingerprint density at radius 1 is 1.62 bits per heavy atom. The van der Waals surface area contributed by atoms with Crippen molar-refractivity contribution >= 4 is 15.9 Å². The molecule has 0 saturated heterocycles. The van der Waals surface area contributed by atoms with E-state index < -0.39 is 0 Å². The Morgan fingerprint density at radius 3 is 2.69 bits per heavy atom. The lowest BCUT2D eigenvalue weighted by molar-refractivity contribution is 0.677. The SMILES string of the molecule is CCn1cnc(C(C)C)c(Br)c1=O. The average Bonchev–Trinajstić information content (AvgIpc) is 2.09. The molecule has 1 rings (SSSR count). The molecule has 0 radical (unpaired) electrons. The Kier molecular flexibility index (Phi) is 3.25. The Hall–Kier alpha value is -0.640. The minimum Gasteiger partial charge on any atom is -0.299 e. The van der Waals surface area contributed by atoms with E-state index in [-0.39, 0.29) is 11.5 Å². The number of aromatic nitrogens is 2. The zero-order valence-electron chi connectivity index (χ0n) is 8.04. The fourth-order valence-electron chi connectivity index (χ4n) is 1.10. The monoisotopic (exact) mass is 244 g/mol. The second kappa shape index (κ2) is 4.05. The van der Waals surface area contributed by atoms with E-state index in [1.807, 2.05) is 20.8 Å². The fraction of sp³-hybridized carbons (Fsp3) is 0.556. The van der Waals surface area contributed by atoms with Crippen LogP contribution in [0.1, 0.15) is 32.4 Å². The molecule has 0 amide bonds. The summed E-state index contributed by atoms with van der Waals surface area (Å²) in [6.07, 6.45) is 1.60. The van der Waals surface area contributed by atoms with Gasteiger partial charge in [0, 0.05) is 6.54 Å². The van der Waals surface area contributed by atoms with E-state index in [9.17, 15) is 4.79 Å². The van der Waals surface area contributed by atoms with E-state index in [1.165, 1.54) is 0 Å². The summed E-state index contributed by atoms with van der Waals surface area (Å²) in [6.45, 7) is 6.61. The van der Waals surface area contributed by atoms with E-state index in [2.05, 4.69) is 20.9 Å². The summed E-state index contributed by atoms with van der Waals surface area (Å²) in [7, 11) is 0. The molecule has 0 aliphatic carbocycles. The van der Waals surface area contributed by atoms with E-state index in [1.54, 1.807) is 10.9 Å². The number of rotatable bonds is 2. The standard InChI is InChI=1S/C9H13BrN2O/c1-4-12-5-11-8(6(2)3)7(10)9(12)13/h5-6H,4H2,1-3H3. The van der Waals surface area contributed by atoms with Crippen LogP contribution in [0.15, 0.2) is 15.6 Å². The molecule has 1 heterocycles. The van der Waals surface area contributed by atoms with Crippen LogP contribution in [0.4, 0.5) is 0 Å². The largest absolute Gasteiger partial charge is 0.299 e. The summed E-state index contributed by atoms with van der Waals surface area (Å²) in [6, 6.07) is 0. The van der Waals surface area contributed by atoms with Gasteiger partial charge in [0.1, 0.15) is 4.47 Å². The first-order valence-corrected chi connectivity index (χ1v) is 5.12. The molecule has 0 aliphatic heterocycles. The van der Waals surface area contributed by atoms with Gasteiger partial charge in [-0.3, -0.25) is 9.36 Å². The predicted molar refractivity (Wildman–Crippen MR) is 56.0 cm³/mol. The van der Waals surface area contributed by atoms with Crippen molar-refractivity contribution in [3.63, 3.8) is 0 Å². The number of aryl methyl sites for hydroxylation is 1. The van der Waals surface area contributed by atoms with Crippen molar-refractivity contribution in [1.82, 2.24) is 9.55 Å². The number of nitrogens with zero attached hydrogens (tertiary/aromatic N) is 2. The number of hydrogen-bond acceptors (Lipinski definition) is 2. The molecule has 0 fully saturated rings. The molecule has 0 N–H and O–H groups in total. The van der Waals surface area contributed by atoms with Crippen molar-refractivity contribution in [3.05, 3.63) is 26.8 Å². The van der Waals surface area contributed by atoms with E-state index in [0.29, 0.717) is 11.0 Å². The number of halogens is 1. The Labute approximate surface area is 85.9 Å². The van der Waals surface area contributed by atoms with Crippen LogP contribution in [0, 0.1) is 0 Å². The molecular weight excluding hydrogens is 232 g/mol. The first kappa shape index (κ1) is 10.4. The molecular formula is C9H13BrN2O. The van der Waals surface area contributed by atoms with Gasteiger partial charge < -0.3 is 0 Å². The summed E-state index contributed by atoms with van der Waals surface area (Å²) >= 11 is 3.28. The van der Waals surface area contributed by atoms with Gasteiger partial charge >= 0.3 is 0 Å². The predicted octanol–water partition coefficient (Wildman–Crippen LogP) is 2.15. The maximum absolute atomic E-state index is 11.6. The Bertz CT molecular complexity index is 357. The van der Waals surface area contributed by atoms with Gasteiger partial charge in [0.15, 0.2) is 0 Å². The smallest absolute Gasteiger partial charge is 0.267 e. The van der Waals surface area contributed by atoms with Crippen LogP contribution in [0.25, 0.3) is 0 Å². The highest BCUT2D eigenvalue weighted by Gasteiger charge is 2.10. The van der Waals surface area contributed by atoms with Crippen molar-refractivity contribution in [1.29, 1.82) is 0 Å². The van der Waals surface area contributed by atoms with E-state index in [4.69, 9.17) is 0 Å². The van der Waals surface area contributed by atoms with E-state index >= 15 is 0 Å². The third-order valence-electron chi connectivity index (χ3n) is 1.90. The summed E-state index contributed by atoms with van der Waals surface area (Å²) in [5.41, 5.74) is 0.830. The van der Waals surface area contributed by atoms with Crippen molar-refractivity contribution in [3.8, 4) is 0 Å². The highest BCUT2D eigenvalue weighted by Crippen LogP contribution is 2.17. The molecule has 0 unspecified atom stereocenters. The molecule has 3 nitrogen and oxygen atoms in total. The molecule has 13 heavy (non-hydrogen) atoms. The topological polar surface area (TPSA) is 34.9 Å². The van der Waals surface area contributed by atoms with Crippen LogP contribution < -0.4 is 5.56 Å². The molecule has 0 aliphatic rings. The second-order valence-electron chi connectivity index (χ2n) is 3.19. The highest BCUT2D eigenvalue weighted by atomic mass is 79.9. The number of hydrogen-bond donors (Lipinski definition) is 0. The van der Waals surface area contributed by atoms with Crippen molar-refractivity contribution in [2.24, 2.45) is 0 Å². The third kappa shape index (κ3) is 1.99. The fourth-order valence-corrected chi connectivity index (χ4v) is 1.89. The van der Waals surface area contributed by atoms with Gasteiger partial charge in [0.05, 0.1) is 12.0 Å². The first-order valence-electron chi connectivity index (χ1n) is 4.32. The zero-order valence-corrected chi connectivity index (χ0v) is 9.63. The summed E-state index contributed by atoms with van der Waals surface area (Å²) in [5.74, 6) is 0.272. The van der Waals surface area contributed by atoms with Gasteiger partial charge in [0.25, 0.3) is 5.56 Å². The molecule has 1 aromatic rings. The van der Waals surface area contributed by atoms with Gasteiger partial charge in [-0.15, -0.1) is 0 Å². The molecule has 0 aromatic carbocycles. The molecule has 0 bridgehead atoms. The van der Waals surface area contributed by atoms with Crippen LogP contribution in [-0.2, 0) is 6.54 Å². The molecule has 1 aromatic heterocycles. The van der Waals surface area contributed by atoms with Gasteiger partial charge in [-0.2, -0.15) is 0 Å². The molecule has 0 saturated carbocycles. The van der Waals surface area contributed by atoms with Crippen molar-refractivity contribution in [2.75, 3.05) is 0 Å². The van der Waals surface area contributed by atoms with Crippen LogP contribution >= 0.6 is 15.9 Å². The van der Waals surface area contributed by atoms with Gasteiger partial charge in [-0.1, -0.05) is 13.8 Å². The normalized spacial score (nSPS) is 10.8.